The maximum absolute atomic E-state index is 13.3. The number of alkyl halides is 1. The molecule has 0 spiro atoms. The number of benzene rings is 1. The van der Waals surface area contributed by atoms with Crippen molar-refractivity contribution in [2.45, 2.75) is 6.42 Å². The van der Waals surface area contributed by atoms with Crippen molar-refractivity contribution in [1.82, 2.24) is 0 Å². The Labute approximate surface area is 91.0 Å². The first-order chi connectivity index (χ1) is 6.77. The minimum Gasteiger partial charge on any atom is -0.207 e. The van der Waals surface area contributed by atoms with Crippen molar-refractivity contribution in [3.05, 3.63) is 41.2 Å². The number of nitriles is 1. The average Bonchev–Trinajstić information content (AvgIpc) is 2.19. The summed E-state index contributed by atoms with van der Waals surface area (Å²) in [5.41, 5.74) is 1.26. The Hall–Kier alpha value is -1.14. The summed E-state index contributed by atoms with van der Waals surface area (Å²) in [6.07, 6.45) is 3.83. The zero-order chi connectivity index (χ0) is 10.4. The van der Waals surface area contributed by atoms with Crippen LogP contribution in [0.3, 0.4) is 0 Å². The van der Waals surface area contributed by atoms with E-state index < -0.39 is 0 Å². The third kappa shape index (κ3) is 2.97. The third-order valence-corrected chi connectivity index (χ3v) is 2.12. The van der Waals surface area contributed by atoms with Crippen LogP contribution in [0.2, 0.25) is 0 Å². The first kappa shape index (κ1) is 10.9. The van der Waals surface area contributed by atoms with Crippen LogP contribution < -0.4 is 0 Å². The second-order valence-electron chi connectivity index (χ2n) is 2.74. The summed E-state index contributed by atoms with van der Waals surface area (Å²) < 4.78 is 13.3. The van der Waals surface area contributed by atoms with Gasteiger partial charge >= 0.3 is 0 Å². The molecule has 0 heterocycles. The van der Waals surface area contributed by atoms with Gasteiger partial charge in [-0.2, -0.15) is 5.26 Å². The van der Waals surface area contributed by atoms with Gasteiger partial charge in [-0.25, -0.2) is 4.39 Å². The van der Waals surface area contributed by atoms with Gasteiger partial charge in [0, 0.05) is 10.9 Å². The molecule has 0 N–H and O–H groups in total. The first-order valence-electron chi connectivity index (χ1n) is 4.16. The van der Waals surface area contributed by atoms with Gasteiger partial charge < -0.3 is 0 Å². The van der Waals surface area contributed by atoms with Gasteiger partial charge in [-0.05, 0) is 11.6 Å². The van der Waals surface area contributed by atoms with E-state index in [9.17, 15) is 4.39 Å². The molecular formula is C11H9BrFN. The van der Waals surface area contributed by atoms with E-state index in [2.05, 4.69) is 15.9 Å². The Kier molecular flexibility index (Phi) is 4.34. The monoisotopic (exact) mass is 253 g/mol. The standard InChI is InChI=1S/C11H9BrFN/c12-6-1-2-9-3-4-10(5-7-14)11(13)8-9/h1-4,8H,5-6H2. The lowest BCUT2D eigenvalue weighted by Crippen LogP contribution is -1.88. The van der Waals surface area contributed by atoms with E-state index in [1.807, 2.05) is 18.2 Å². The quantitative estimate of drug-likeness (QED) is 0.759. The maximum Gasteiger partial charge on any atom is 0.128 e. The van der Waals surface area contributed by atoms with E-state index in [0.717, 1.165) is 10.9 Å². The highest BCUT2D eigenvalue weighted by atomic mass is 79.9. The fraction of sp³-hybridized carbons (Fsp3) is 0.182. The second kappa shape index (κ2) is 5.56. The van der Waals surface area contributed by atoms with E-state index in [1.165, 1.54) is 6.07 Å². The molecule has 1 aromatic carbocycles. The van der Waals surface area contributed by atoms with Crippen molar-refractivity contribution in [3.8, 4) is 6.07 Å². The predicted molar refractivity (Wildman–Crippen MR) is 58.5 cm³/mol. The van der Waals surface area contributed by atoms with Gasteiger partial charge in [0.15, 0.2) is 0 Å². The molecule has 0 aliphatic carbocycles. The van der Waals surface area contributed by atoms with Crippen LogP contribution in [0.1, 0.15) is 11.1 Å². The number of hydrogen-bond donors (Lipinski definition) is 0. The van der Waals surface area contributed by atoms with Gasteiger partial charge in [-0.1, -0.05) is 40.2 Å². The highest BCUT2D eigenvalue weighted by Gasteiger charge is 2.00. The SMILES string of the molecule is N#CCc1ccc(C=CCBr)cc1F. The number of allylic oxidation sites excluding steroid dienone is 1. The smallest absolute Gasteiger partial charge is 0.128 e. The Morgan fingerprint density at radius 3 is 2.86 bits per heavy atom. The molecule has 0 bridgehead atoms. The zero-order valence-corrected chi connectivity index (χ0v) is 9.09. The van der Waals surface area contributed by atoms with Crippen molar-refractivity contribution in [2.75, 3.05) is 5.33 Å². The number of hydrogen-bond acceptors (Lipinski definition) is 1. The molecular weight excluding hydrogens is 245 g/mol. The Morgan fingerprint density at radius 1 is 1.50 bits per heavy atom. The molecule has 0 unspecified atom stereocenters. The molecule has 72 valence electrons. The molecule has 0 aliphatic rings. The van der Waals surface area contributed by atoms with Gasteiger partial charge in [-0.15, -0.1) is 0 Å². The molecule has 0 fully saturated rings. The third-order valence-electron chi connectivity index (χ3n) is 1.75. The average molecular weight is 254 g/mol. The van der Waals surface area contributed by atoms with Gasteiger partial charge in [0.2, 0.25) is 0 Å². The van der Waals surface area contributed by atoms with Crippen LogP contribution in [0.5, 0.6) is 0 Å². The summed E-state index contributed by atoms with van der Waals surface area (Å²) in [7, 11) is 0. The van der Waals surface area contributed by atoms with Crippen LogP contribution in [0, 0.1) is 17.1 Å². The minimum atomic E-state index is -0.316. The van der Waals surface area contributed by atoms with Crippen molar-refractivity contribution < 1.29 is 4.39 Å². The van der Waals surface area contributed by atoms with Crippen LogP contribution in [-0.2, 0) is 6.42 Å². The predicted octanol–water partition coefficient (Wildman–Crippen LogP) is 3.30. The lowest BCUT2D eigenvalue weighted by Gasteiger charge is -1.99. The zero-order valence-electron chi connectivity index (χ0n) is 7.50. The molecule has 1 rings (SSSR count). The molecule has 1 aromatic rings. The highest BCUT2D eigenvalue weighted by Crippen LogP contribution is 2.12. The highest BCUT2D eigenvalue weighted by molar-refractivity contribution is 9.09. The summed E-state index contributed by atoms with van der Waals surface area (Å²) in [4.78, 5) is 0. The molecule has 1 nitrogen and oxygen atoms in total. The van der Waals surface area contributed by atoms with E-state index in [-0.39, 0.29) is 12.2 Å². The summed E-state index contributed by atoms with van der Waals surface area (Å²) in [6, 6.07) is 6.80. The fourth-order valence-corrected chi connectivity index (χ4v) is 1.26. The van der Waals surface area contributed by atoms with Crippen molar-refractivity contribution in [1.29, 1.82) is 5.26 Å². The van der Waals surface area contributed by atoms with Gasteiger partial charge in [-0.3, -0.25) is 0 Å². The normalized spacial score (nSPS) is 10.4. The van der Waals surface area contributed by atoms with Crippen LogP contribution >= 0.6 is 15.9 Å². The molecule has 3 heteroatoms. The Morgan fingerprint density at radius 2 is 2.29 bits per heavy atom. The summed E-state index contributed by atoms with van der Waals surface area (Å²) in [5, 5.41) is 9.16. The molecule has 0 saturated heterocycles. The Balaban J connectivity index is 2.90. The Bertz CT molecular complexity index is 379. The summed E-state index contributed by atoms with van der Waals surface area (Å²) >= 11 is 3.24. The van der Waals surface area contributed by atoms with Crippen LogP contribution in [0.25, 0.3) is 6.08 Å². The topological polar surface area (TPSA) is 23.8 Å². The van der Waals surface area contributed by atoms with E-state index in [0.29, 0.717) is 5.56 Å². The number of nitrogens with zero attached hydrogens (tertiary/aromatic N) is 1. The van der Waals surface area contributed by atoms with Crippen molar-refractivity contribution in [2.24, 2.45) is 0 Å². The van der Waals surface area contributed by atoms with Crippen LogP contribution in [0.4, 0.5) is 4.39 Å². The molecule has 0 amide bonds. The maximum atomic E-state index is 13.3. The van der Waals surface area contributed by atoms with E-state index in [1.54, 1.807) is 12.1 Å². The van der Waals surface area contributed by atoms with Crippen LogP contribution in [0.15, 0.2) is 24.3 Å². The van der Waals surface area contributed by atoms with Gasteiger partial charge in [0.05, 0.1) is 12.5 Å². The number of rotatable bonds is 3. The second-order valence-corrected chi connectivity index (χ2v) is 3.39. The molecule has 14 heavy (non-hydrogen) atoms. The molecule has 0 saturated carbocycles. The summed E-state index contributed by atoms with van der Waals surface area (Å²) in [5.74, 6) is -0.316. The fourth-order valence-electron chi connectivity index (χ4n) is 1.08. The van der Waals surface area contributed by atoms with Gasteiger partial charge in [0.25, 0.3) is 0 Å². The van der Waals surface area contributed by atoms with E-state index >= 15 is 0 Å². The van der Waals surface area contributed by atoms with Gasteiger partial charge in [0.1, 0.15) is 5.82 Å². The lowest BCUT2D eigenvalue weighted by molar-refractivity contribution is 0.615. The molecule has 0 aromatic heterocycles. The van der Waals surface area contributed by atoms with Crippen molar-refractivity contribution in [3.63, 3.8) is 0 Å². The van der Waals surface area contributed by atoms with Crippen molar-refractivity contribution >= 4 is 22.0 Å². The first-order valence-corrected chi connectivity index (χ1v) is 5.28. The largest absolute Gasteiger partial charge is 0.207 e. The lowest BCUT2D eigenvalue weighted by atomic mass is 10.1. The number of halogens is 2. The molecule has 0 atom stereocenters. The molecule has 0 radical (unpaired) electrons. The van der Waals surface area contributed by atoms with E-state index in [4.69, 9.17) is 5.26 Å². The minimum absolute atomic E-state index is 0.119. The van der Waals surface area contributed by atoms with Crippen LogP contribution in [-0.4, -0.2) is 5.33 Å². The summed E-state index contributed by atoms with van der Waals surface area (Å²) in [6.45, 7) is 0. The molecule has 0 aliphatic heterocycles.